The van der Waals surface area contributed by atoms with Gasteiger partial charge in [-0.1, -0.05) is 25.3 Å². The van der Waals surface area contributed by atoms with Crippen LogP contribution in [0.15, 0.2) is 11.3 Å². The summed E-state index contributed by atoms with van der Waals surface area (Å²) < 4.78 is 0. The molecule has 0 radical (unpaired) electrons. The van der Waals surface area contributed by atoms with Gasteiger partial charge in [-0.15, -0.1) is 0 Å². The van der Waals surface area contributed by atoms with Crippen LogP contribution in [0.25, 0.3) is 0 Å². The van der Waals surface area contributed by atoms with Crippen LogP contribution in [0, 0.1) is 0 Å². The largest absolute Gasteiger partial charge is 0.388 e. The van der Waals surface area contributed by atoms with Crippen molar-refractivity contribution in [3.05, 3.63) is 11.3 Å². The Morgan fingerprint density at radius 1 is 1.12 bits per heavy atom. The van der Waals surface area contributed by atoms with E-state index in [0.717, 1.165) is 13.1 Å². The molecule has 2 nitrogen and oxygen atoms in total. The molecular weight excluding hydrogens is 196 g/mol. The van der Waals surface area contributed by atoms with E-state index in [2.05, 4.69) is 17.6 Å². The van der Waals surface area contributed by atoms with Gasteiger partial charge in [0, 0.05) is 12.2 Å². The summed E-state index contributed by atoms with van der Waals surface area (Å²) in [5.74, 6) is 0. The van der Waals surface area contributed by atoms with Crippen molar-refractivity contribution < 1.29 is 0 Å². The van der Waals surface area contributed by atoms with Crippen LogP contribution >= 0.6 is 0 Å². The number of nitrogens with one attached hydrogen (secondary N) is 2. The zero-order valence-corrected chi connectivity index (χ0v) is 11.1. The van der Waals surface area contributed by atoms with E-state index in [1.54, 1.807) is 11.3 Å². The first-order valence-corrected chi connectivity index (χ1v) is 6.97. The summed E-state index contributed by atoms with van der Waals surface area (Å²) in [4.78, 5) is 0. The van der Waals surface area contributed by atoms with Crippen molar-refractivity contribution in [3.8, 4) is 0 Å². The summed E-state index contributed by atoms with van der Waals surface area (Å²) in [5, 5.41) is 6.85. The van der Waals surface area contributed by atoms with E-state index in [1.165, 1.54) is 51.4 Å². The third-order valence-electron chi connectivity index (χ3n) is 3.36. The van der Waals surface area contributed by atoms with Gasteiger partial charge in [0.1, 0.15) is 0 Å². The van der Waals surface area contributed by atoms with Gasteiger partial charge in [-0.25, -0.2) is 0 Å². The van der Waals surface area contributed by atoms with Crippen LogP contribution < -0.4 is 10.6 Å². The first-order valence-electron chi connectivity index (χ1n) is 6.97. The van der Waals surface area contributed by atoms with Crippen molar-refractivity contribution in [1.82, 2.24) is 10.6 Å². The van der Waals surface area contributed by atoms with E-state index in [0.29, 0.717) is 0 Å². The van der Waals surface area contributed by atoms with Crippen LogP contribution in [0.3, 0.4) is 0 Å². The van der Waals surface area contributed by atoms with Crippen LogP contribution in [0.2, 0.25) is 0 Å². The molecule has 0 aliphatic heterocycles. The predicted molar refractivity (Wildman–Crippen MR) is 71.6 cm³/mol. The fraction of sp³-hybridized carbons (Fsp3) is 0.857. The summed E-state index contributed by atoms with van der Waals surface area (Å²) in [6, 6.07) is 0. The minimum atomic E-state index is 1.12. The molecule has 16 heavy (non-hydrogen) atoms. The van der Waals surface area contributed by atoms with Crippen LogP contribution in [0.5, 0.6) is 0 Å². The molecule has 0 amide bonds. The van der Waals surface area contributed by atoms with Gasteiger partial charge in [-0.2, -0.15) is 0 Å². The Morgan fingerprint density at radius 3 is 2.50 bits per heavy atom. The molecule has 1 rings (SSSR count). The topological polar surface area (TPSA) is 24.1 Å². The molecule has 0 aromatic rings. The second kappa shape index (κ2) is 8.63. The van der Waals surface area contributed by atoms with E-state index >= 15 is 0 Å². The van der Waals surface area contributed by atoms with E-state index < -0.39 is 0 Å². The number of allylic oxidation sites excluding steroid dienone is 2. The van der Waals surface area contributed by atoms with Gasteiger partial charge in [-0.3, -0.25) is 0 Å². The minimum Gasteiger partial charge on any atom is -0.388 e. The lowest BCUT2D eigenvalue weighted by Gasteiger charge is -2.23. The summed E-state index contributed by atoms with van der Waals surface area (Å²) in [6.45, 7) is 4.52. The van der Waals surface area contributed by atoms with Crippen molar-refractivity contribution >= 4 is 0 Å². The SMILES string of the molecule is CCCCCC(NCCCNC)=C1CCC1. The first kappa shape index (κ1) is 13.6. The standard InChI is InChI=1S/C14H28N2/c1-3-4-5-10-14(13-8-6-9-13)16-12-7-11-15-2/h15-16H,3-12H2,1-2H3. The fourth-order valence-electron chi connectivity index (χ4n) is 2.10. The van der Waals surface area contributed by atoms with E-state index in [9.17, 15) is 0 Å². The van der Waals surface area contributed by atoms with Gasteiger partial charge in [-0.05, 0) is 52.1 Å². The molecule has 0 aromatic heterocycles. The molecule has 0 saturated heterocycles. The number of rotatable bonds is 9. The Hall–Kier alpha value is -0.500. The summed E-state index contributed by atoms with van der Waals surface area (Å²) in [7, 11) is 2.02. The monoisotopic (exact) mass is 224 g/mol. The maximum atomic E-state index is 3.66. The maximum absolute atomic E-state index is 3.66. The molecular formula is C14H28N2. The number of hydrogen-bond donors (Lipinski definition) is 2. The zero-order valence-electron chi connectivity index (χ0n) is 11.1. The molecule has 1 aliphatic carbocycles. The zero-order chi connectivity index (χ0) is 11.6. The average Bonchev–Trinajstić information content (AvgIpc) is 2.21. The highest BCUT2D eigenvalue weighted by Gasteiger charge is 2.13. The minimum absolute atomic E-state index is 1.12. The normalized spacial score (nSPS) is 14.8. The highest BCUT2D eigenvalue weighted by Crippen LogP contribution is 2.29. The summed E-state index contributed by atoms with van der Waals surface area (Å²) in [6.07, 6.45) is 10.7. The average molecular weight is 224 g/mol. The molecule has 1 fully saturated rings. The Kier molecular flexibility index (Phi) is 7.32. The highest BCUT2D eigenvalue weighted by molar-refractivity contribution is 5.18. The molecule has 1 aliphatic rings. The quantitative estimate of drug-likeness (QED) is 0.588. The van der Waals surface area contributed by atoms with Crippen molar-refractivity contribution in [2.75, 3.05) is 20.1 Å². The van der Waals surface area contributed by atoms with Gasteiger partial charge in [0.05, 0.1) is 0 Å². The summed E-state index contributed by atoms with van der Waals surface area (Å²) >= 11 is 0. The lowest BCUT2D eigenvalue weighted by Crippen LogP contribution is -2.22. The number of unbranched alkanes of at least 4 members (excludes halogenated alkanes) is 2. The Bertz CT molecular complexity index is 203. The van der Waals surface area contributed by atoms with Gasteiger partial charge in [0.25, 0.3) is 0 Å². The molecule has 2 N–H and O–H groups in total. The van der Waals surface area contributed by atoms with Gasteiger partial charge >= 0.3 is 0 Å². The third-order valence-corrected chi connectivity index (χ3v) is 3.36. The van der Waals surface area contributed by atoms with E-state index in [1.807, 2.05) is 7.05 Å². The second-order valence-corrected chi connectivity index (χ2v) is 4.78. The van der Waals surface area contributed by atoms with Crippen molar-refractivity contribution in [2.45, 2.75) is 58.3 Å². The first-order chi connectivity index (χ1) is 7.88. The van der Waals surface area contributed by atoms with E-state index in [-0.39, 0.29) is 0 Å². The number of hydrogen-bond acceptors (Lipinski definition) is 2. The molecule has 0 heterocycles. The van der Waals surface area contributed by atoms with Crippen LogP contribution in [-0.4, -0.2) is 20.1 Å². The Balaban J connectivity index is 2.22. The molecule has 0 bridgehead atoms. The lowest BCUT2D eigenvalue weighted by atomic mass is 9.89. The third kappa shape index (κ3) is 5.02. The molecule has 94 valence electrons. The molecule has 0 aromatic carbocycles. The van der Waals surface area contributed by atoms with Crippen molar-refractivity contribution in [3.63, 3.8) is 0 Å². The van der Waals surface area contributed by atoms with E-state index in [4.69, 9.17) is 0 Å². The maximum Gasteiger partial charge on any atom is 0.0156 e. The van der Waals surface area contributed by atoms with Gasteiger partial charge in [0.15, 0.2) is 0 Å². The molecule has 0 atom stereocenters. The molecule has 1 saturated carbocycles. The van der Waals surface area contributed by atoms with Gasteiger partial charge in [0.2, 0.25) is 0 Å². The Morgan fingerprint density at radius 2 is 1.94 bits per heavy atom. The second-order valence-electron chi connectivity index (χ2n) is 4.78. The lowest BCUT2D eigenvalue weighted by molar-refractivity contribution is 0.580. The molecule has 0 unspecified atom stereocenters. The Labute approximate surface area is 101 Å². The highest BCUT2D eigenvalue weighted by atomic mass is 14.9. The van der Waals surface area contributed by atoms with Crippen molar-refractivity contribution in [2.24, 2.45) is 0 Å². The molecule has 2 heteroatoms. The van der Waals surface area contributed by atoms with Crippen LogP contribution in [0.1, 0.15) is 58.3 Å². The summed E-state index contributed by atoms with van der Waals surface area (Å²) in [5.41, 5.74) is 3.29. The van der Waals surface area contributed by atoms with Crippen LogP contribution in [-0.2, 0) is 0 Å². The van der Waals surface area contributed by atoms with Crippen LogP contribution in [0.4, 0.5) is 0 Å². The smallest absolute Gasteiger partial charge is 0.0156 e. The molecule has 0 spiro atoms. The van der Waals surface area contributed by atoms with Crippen molar-refractivity contribution in [1.29, 1.82) is 0 Å². The fourth-order valence-corrected chi connectivity index (χ4v) is 2.10. The van der Waals surface area contributed by atoms with Gasteiger partial charge < -0.3 is 10.6 Å². The predicted octanol–water partition coefficient (Wildman–Crippen LogP) is 3.20.